The third-order valence-corrected chi connectivity index (χ3v) is 4.69. The molecule has 1 fully saturated rings. The highest BCUT2D eigenvalue weighted by Crippen LogP contribution is 2.32. The summed E-state index contributed by atoms with van der Waals surface area (Å²) in [5.41, 5.74) is 2.76. The lowest BCUT2D eigenvalue weighted by Gasteiger charge is -2.26. The first-order valence-corrected chi connectivity index (χ1v) is 8.60. The fourth-order valence-corrected chi connectivity index (χ4v) is 3.33. The number of benzene rings is 1. The molecule has 0 aliphatic heterocycles. The summed E-state index contributed by atoms with van der Waals surface area (Å²) in [5.74, 6) is 1.79. The lowest BCUT2D eigenvalue weighted by atomic mass is 9.79. The average molecular weight is 286 g/mol. The van der Waals surface area contributed by atoms with E-state index in [4.69, 9.17) is 4.74 Å². The van der Waals surface area contributed by atoms with E-state index in [9.17, 15) is 0 Å². The second kappa shape index (κ2) is 9.04. The molecule has 0 saturated heterocycles. The molecular weight excluding hydrogens is 256 g/mol. The van der Waals surface area contributed by atoms with Crippen LogP contribution in [0, 0.1) is 11.8 Å². The summed E-state index contributed by atoms with van der Waals surface area (Å²) in [6, 6.07) is 8.99. The van der Waals surface area contributed by atoms with Crippen LogP contribution >= 0.6 is 0 Å². The van der Waals surface area contributed by atoms with Gasteiger partial charge in [0.05, 0.1) is 6.61 Å². The van der Waals surface area contributed by atoms with Gasteiger partial charge in [0.15, 0.2) is 0 Å². The molecular formula is C20H30O. The van der Waals surface area contributed by atoms with Crippen LogP contribution in [-0.2, 0) is 17.8 Å². The lowest BCUT2D eigenvalue weighted by molar-refractivity contribution is 0.134. The summed E-state index contributed by atoms with van der Waals surface area (Å²) in [4.78, 5) is 0. The lowest BCUT2D eigenvalue weighted by Crippen LogP contribution is -2.13. The summed E-state index contributed by atoms with van der Waals surface area (Å²) < 4.78 is 5.44. The van der Waals surface area contributed by atoms with Crippen molar-refractivity contribution in [2.75, 3.05) is 6.61 Å². The van der Waals surface area contributed by atoms with E-state index in [1.54, 1.807) is 0 Å². The normalized spacial score (nSPS) is 22.8. The first kappa shape index (κ1) is 16.3. The van der Waals surface area contributed by atoms with Crippen molar-refractivity contribution in [3.05, 3.63) is 47.5 Å². The maximum absolute atomic E-state index is 5.44. The zero-order valence-electron chi connectivity index (χ0n) is 13.7. The molecule has 1 aromatic rings. The molecule has 0 spiro atoms. The van der Waals surface area contributed by atoms with Gasteiger partial charge in [-0.1, -0.05) is 36.4 Å². The van der Waals surface area contributed by atoms with Gasteiger partial charge in [-0.2, -0.15) is 0 Å². The number of aryl methyl sites for hydroxylation is 1. The molecule has 1 aliphatic rings. The van der Waals surface area contributed by atoms with E-state index in [1.807, 2.05) is 6.92 Å². The molecule has 0 heterocycles. The Labute approximate surface area is 130 Å². The van der Waals surface area contributed by atoms with Gasteiger partial charge >= 0.3 is 0 Å². The standard InChI is InChI=1S/C20H30O/c1-3-5-17-6-8-18(9-7-17)10-11-19-12-14-20(15-13-19)16-21-4-2/h3,5,12-15,17-18H,4,6-11,16H2,1-2H3/t17-,18-. The van der Waals surface area contributed by atoms with Gasteiger partial charge in [-0.25, -0.2) is 0 Å². The van der Waals surface area contributed by atoms with E-state index in [1.165, 1.54) is 49.7 Å². The highest BCUT2D eigenvalue weighted by Gasteiger charge is 2.18. The van der Waals surface area contributed by atoms with Crippen molar-refractivity contribution in [3.8, 4) is 0 Å². The van der Waals surface area contributed by atoms with Crippen LogP contribution < -0.4 is 0 Å². The van der Waals surface area contributed by atoms with E-state index in [0.717, 1.165) is 25.0 Å². The molecule has 1 nitrogen and oxygen atoms in total. The fraction of sp³-hybridized carbons (Fsp3) is 0.600. The topological polar surface area (TPSA) is 9.23 Å². The summed E-state index contributed by atoms with van der Waals surface area (Å²) in [5, 5.41) is 0. The Morgan fingerprint density at radius 1 is 1.05 bits per heavy atom. The largest absolute Gasteiger partial charge is 0.377 e. The van der Waals surface area contributed by atoms with Crippen molar-refractivity contribution < 1.29 is 4.74 Å². The minimum atomic E-state index is 0.742. The van der Waals surface area contributed by atoms with Gasteiger partial charge in [-0.3, -0.25) is 0 Å². The van der Waals surface area contributed by atoms with Crippen molar-refractivity contribution >= 4 is 0 Å². The number of allylic oxidation sites excluding steroid dienone is 2. The minimum absolute atomic E-state index is 0.742. The maximum atomic E-state index is 5.44. The van der Waals surface area contributed by atoms with Gasteiger partial charge in [0.25, 0.3) is 0 Å². The molecule has 0 bridgehead atoms. The van der Waals surface area contributed by atoms with Crippen LogP contribution in [0.25, 0.3) is 0 Å². The van der Waals surface area contributed by atoms with E-state index in [-0.39, 0.29) is 0 Å². The van der Waals surface area contributed by atoms with Crippen LogP contribution in [0.5, 0.6) is 0 Å². The van der Waals surface area contributed by atoms with E-state index < -0.39 is 0 Å². The Hall–Kier alpha value is -1.08. The second-order valence-corrected chi connectivity index (χ2v) is 6.30. The molecule has 1 saturated carbocycles. The quantitative estimate of drug-likeness (QED) is 0.598. The molecule has 0 amide bonds. The van der Waals surface area contributed by atoms with Crippen LogP contribution in [0.2, 0.25) is 0 Å². The molecule has 0 atom stereocenters. The van der Waals surface area contributed by atoms with Crippen molar-refractivity contribution in [2.45, 2.75) is 59.0 Å². The molecule has 1 heteroatoms. The number of hydrogen-bond acceptors (Lipinski definition) is 1. The summed E-state index contributed by atoms with van der Waals surface area (Å²) in [6.07, 6.45) is 12.8. The predicted octanol–water partition coefficient (Wildman–Crippen LogP) is 5.54. The van der Waals surface area contributed by atoms with Crippen LogP contribution in [0.15, 0.2) is 36.4 Å². The Morgan fingerprint density at radius 3 is 2.33 bits per heavy atom. The molecule has 0 unspecified atom stereocenters. The molecule has 0 radical (unpaired) electrons. The zero-order chi connectivity index (χ0) is 14.9. The Balaban J connectivity index is 1.71. The average Bonchev–Trinajstić information content (AvgIpc) is 2.53. The first-order valence-electron chi connectivity index (χ1n) is 8.60. The molecule has 0 aromatic heterocycles. The highest BCUT2D eigenvalue weighted by molar-refractivity contribution is 5.22. The summed E-state index contributed by atoms with van der Waals surface area (Å²) >= 11 is 0. The van der Waals surface area contributed by atoms with Crippen molar-refractivity contribution in [2.24, 2.45) is 11.8 Å². The van der Waals surface area contributed by atoms with Crippen molar-refractivity contribution in [1.29, 1.82) is 0 Å². The Kier molecular flexibility index (Phi) is 7.02. The third-order valence-electron chi connectivity index (χ3n) is 4.69. The van der Waals surface area contributed by atoms with Crippen molar-refractivity contribution in [1.82, 2.24) is 0 Å². The third kappa shape index (κ3) is 5.67. The summed E-state index contributed by atoms with van der Waals surface area (Å²) in [6.45, 7) is 5.71. The fourth-order valence-electron chi connectivity index (χ4n) is 3.33. The van der Waals surface area contributed by atoms with Gasteiger partial charge in [-0.05, 0) is 75.3 Å². The summed E-state index contributed by atoms with van der Waals surface area (Å²) in [7, 11) is 0. The molecule has 2 rings (SSSR count). The smallest absolute Gasteiger partial charge is 0.0716 e. The Morgan fingerprint density at radius 2 is 1.71 bits per heavy atom. The highest BCUT2D eigenvalue weighted by atomic mass is 16.5. The van der Waals surface area contributed by atoms with Crippen molar-refractivity contribution in [3.63, 3.8) is 0 Å². The molecule has 1 aromatic carbocycles. The van der Waals surface area contributed by atoms with Gasteiger partial charge < -0.3 is 4.74 Å². The van der Waals surface area contributed by atoms with E-state index in [0.29, 0.717) is 0 Å². The monoisotopic (exact) mass is 286 g/mol. The van der Waals surface area contributed by atoms with Gasteiger partial charge in [0.1, 0.15) is 0 Å². The van der Waals surface area contributed by atoms with Crippen LogP contribution in [-0.4, -0.2) is 6.61 Å². The molecule has 21 heavy (non-hydrogen) atoms. The molecule has 1 aliphatic carbocycles. The van der Waals surface area contributed by atoms with Gasteiger partial charge in [-0.15, -0.1) is 0 Å². The van der Waals surface area contributed by atoms with E-state index >= 15 is 0 Å². The van der Waals surface area contributed by atoms with Gasteiger partial charge in [0.2, 0.25) is 0 Å². The number of hydrogen-bond donors (Lipinski definition) is 0. The predicted molar refractivity (Wildman–Crippen MR) is 90.4 cm³/mol. The number of ether oxygens (including phenoxy) is 1. The molecule has 116 valence electrons. The van der Waals surface area contributed by atoms with E-state index in [2.05, 4.69) is 43.3 Å². The number of rotatable bonds is 7. The van der Waals surface area contributed by atoms with Crippen LogP contribution in [0.4, 0.5) is 0 Å². The van der Waals surface area contributed by atoms with Gasteiger partial charge in [0, 0.05) is 6.61 Å². The SMILES string of the molecule is CC=C[C@H]1CC[C@H](CCc2ccc(COCC)cc2)CC1. The Bertz CT molecular complexity index is 410. The van der Waals surface area contributed by atoms with Crippen LogP contribution in [0.1, 0.15) is 57.1 Å². The zero-order valence-corrected chi connectivity index (χ0v) is 13.7. The maximum Gasteiger partial charge on any atom is 0.0716 e. The molecule has 0 N–H and O–H groups in total. The second-order valence-electron chi connectivity index (χ2n) is 6.30. The minimum Gasteiger partial charge on any atom is -0.377 e. The first-order chi connectivity index (χ1) is 10.3. The van der Waals surface area contributed by atoms with Crippen LogP contribution in [0.3, 0.4) is 0 Å².